The molecule has 0 amide bonds. The van der Waals surface area contributed by atoms with E-state index in [-0.39, 0.29) is 0 Å². The lowest BCUT2D eigenvalue weighted by atomic mass is 10.00. The molecule has 0 atom stereocenters. The molecule has 0 aliphatic rings. The van der Waals surface area contributed by atoms with Gasteiger partial charge in [-0.3, -0.25) is 4.57 Å². The third-order valence-corrected chi connectivity index (χ3v) is 7.82. The van der Waals surface area contributed by atoms with Crippen molar-refractivity contribution in [2.45, 2.75) is 6.92 Å². The molecular weight excluding hydrogens is 486 g/mol. The predicted molar refractivity (Wildman–Crippen MR) is 167 cm³/mol. The van der Waals surface area contributed by atoms with Crippen molar-refractivity contribution in [3.8, 4) is 28.3 Å². The van der Waals surface area contributed by atoms with Crippen molar-refractivity contribution in [2.75, 3.05) is 0 Å². The minimum absolute atomic E-state index is 0.680. The van der Waals surface area contributed by atoms with E-state index in [4.69, 9.17) is 9.97 Å². The minimum atomic E-state index is 0.680. The highest BCUT2D eigenvalue weighted by atomic mass is 15.2. The van der Waals surface area contributed by atoms with Crippen molar-refractivity contribution >= 4 is 43.5 Å². The maximum absolute atomic E-state index is 5.31. The molecule has 0 N–H and O–H groups in total. The van der Waals surface area contributed by atoms with Crippen molar-refractivity contribution in [1.29, 1.82) is 0 Å². The predicted octanol–water partition coefficient (Wildman–Crippen LogP) is 9.52. The summed E-state index contributed by atoms with van der Waals surface area (Å²) in [5.41, 5.74) is 8.72. The summed E-state index contributed by atoms with van der Waals surface area (Å²) in [6, 6.07) is 47.2. The van der Waals surface area contributed by atoms with Crippen LogP contribution in [0.15, 0.2) is 133 Å². The summed E-state index contributed by atoms with van der Waals surface area (Å²) in [6.07, 6.45) is 0. The van der Waals surface area contributed by atoms with Gasteiger partial charge in [0.05, 0.1) is 22.2 Å². The van der Waals surface area contributed by atoms with Crippen LogP contribution in [0.2, 0.25) is 0 Å². The smallest absolute Gasteiger partial charge is 0.235 e. The molecule has 0 unspecified atom stereocenters. The van der Waals surface area contributed by atoms with Crippen LogP contribution in [0, 0.1) is 6.92 Å². The van der Waals surface area contributed by atoms with Crippen LogP contribution in [0.1, 0.15) is 5.56 Å². The number of benzene rings is 6. The van der Waals surface area contributed by atoms with Crippen molar-refractivity contribution in [2.24, 2.45) is 0 Å². The molecule has 6 aromatic carbocycles. The Morgan fingerprint density at radius 2 is 1.18 bits per heavy atom. The van der Waals surface area contributed by atoms with Gasteiger partial charge in [-0.15, -0.1) is 0 Å². The lowest BCUT2D eigenvalue weighted by molar-refractivity contribution is 1.01. The van der Waals surface area contributed by atoms with Crippen molar-refractivity contribution in [3.05, 3.63) is 139 Å². The third-order valence-electron chi connectivity index (χ3n) is 7.82. The number of aromatic nitrogens is 3. The Morgan fingerprint density at radius 1 is 0.475 bits per heavy atom. The molecule has 0 saturated carbocycles. The Labute approximate surface area is 232 Å². The molecule has 8 rings (SSSR count). The second-order valence-electron chi connectivity index (χ2n) is 10.4. The van der Waals surface area contributed by atoms with Gasteiger partial charge in [0.1, 0.15) is 0 Å². The molecule has 40 heavy (non-hydrogen) atoms. The Morgan fingerprint density at radius 3 is 2.05 bits per heavy atom. The largest absolute Gasteiger partial charge is 0.278 e. The van der Waals surface area contributed by atoms with Crippen LogP contribution in [0.3, 0.4) is 0 Å². The van der Waals surface area contributed by atoms with Crippen LogP contribution in [-0.4, -0.2) is 14.5 Å². The highest BCUT2D eigenvalue weighted by Crippen LogP contribution is 2.36. The van der Waals surface area contributed by atoms with Gasteiger partial charge >= 0.3 is 0 Å². The van der Waals surface area contributed by atoms with E-state index in [1.54, 1.807) is 0 Å². The second-order valence-corrected chi connectivity index (χ2v) is 10.4. The molecule has 2 heterocycles. The van der Waals surface area contributed by atoms with E-state index in [2.05, 4.69) is 133 Å². The number of nitrogens with zero attached hydrogens (tertiary/aromatic N) is 3. The summed E-state index contributed by atoms with van der Waals surface area (Å²) in [5.74, 6) is 0.680. The topological polar surface area (TPSA) is 30.7 Å². The minimum Gasteiger partial charge on any atom is -0.278 e. The molecule has 3 heteroatoms. The normalized spacial score (nSPS) is 11.6. The van der Waals surface area contributed by atoms with Gasteiger partial charge in [0, 0.05) is 21.7 Å². The molecule has 0 bridgehead atoms. The summed E-state index contributed by atoms with van der Waals surface area (Å²) in [7, 11) is 0. The van der Waals surface area contributed by atoms with Gasteiger partial charge in [0.15, 0.2) is 0 Å². The van der Waals surface area contributed by atoms with Crippen LogP contribution < -0.4 is 0 Å². The summed E-state index contributed by atoms with van der Waals surface area (Å²) in [6.45, 7) is 2.14. The summed E-state index contributed by atoms with van der Waals surface area (Å²) in [4.78, 5) is 10.5. The Balaban J connectivity index is 1.45. The fraction of sp³-hybridized carbons (Fsp3) is 0.0270. The fourth-order valence-electron chi connectivity index (χ4n) is 5.89. The quantitative estimate of drug-likeness (QED) is 0.236. The van der Waals surface area contributed by atoms with Crippen LogP contribution in [0.5, 0.6) is 0 Å². The number of hydrogen-bond donors (Lipinski definition) is 0. The molecule has 0 spiro atoms. The van der Waals surface area contributed by atoms with Gasteiger partial charge in [-0.25, -0.2) is 9.97 Å². The molecule has 0 aliphatic carbocycles. The first-order valence-corrected chi connectivity index (χ1v) is 13.6. The zero-order chi connectivity index (χ0) is 26.6. The van der Waals surface area contributed by atoms with Gasteiger partial charge < -0.3 is 0 Å². The van der Waals surface area contributed by atoms with Gasteiger partial charge in [0.2, 0.25) is 5.95 Å². The van der Waals surface area contributed by atoms with Crippen molar-refractivity contribution < 1.29 is 0 Å². The highest BCUT2D eigenvalue weighted by Gasteiger charge is 2.18. The average molecular weight is 512 g/mol. The van der Waals surface area contributed by atoms with Crippen molar-refractivity contribution in [3.63, 3.8) is 0 Å². The lowest BCUT2D eigenvalue weighted by Gasteiger charge is -2.13. The summed E-state index contributed by atoms with van der Waals surface area (Å²) < 4.78 is 2.24. The van der Waals surface area contributed by atoms with Crippen LogP contribution in [0.25, 0.3) is 71.8 Å². The van der Waals surface area contributed by atoms with E-state index in [0.29, 0.717) is 5.95 Å². The molecular formula is C37H25N3. The first kappa shape index (κ1) is 22.7. The standard InChI is InChI=1S/C37H25N3/c1-24-18-19-30-32-22-27-12-5-6-13-28(27)23-35(32)40(34(30)20-24)37-38-33-17-8-7-16-31(33)36(39-37)29-15-9-14-26(21-29)25-10-3-2-4-11-25/h2-23H,1H3. The number of hydrogen-bond acceptors (Lipinski definition) is 2. The maximum Gasteiger partial charge on any atom is 0.235 e. The van der Waals surface area contributed by atoms with Gasteiger partial charge in [0.25, 0.3) is 0 Å². The number of rotatable bonds is 3. The van der Waals surface area contributed by atoms with E-state index in [0.717, 1.165) is 33.2 Å². The number of aryl methyl sites for hydroxylation is 1. The summed E-state index contributed by atoms with van der Waals surface area (Å²) in [5, 5.41) is 5.88. The Hall–Kier alpha value is -5.28. The monoisotopic (exact) mass is 511 g/mol. The molecule has 2 aromatic heterocycles. The molecule has 8 aromatic rings. The highest BCUT2D eigenvalue weighted by molar-refractivity contribution is 6.13. The Kier molecular flexibility index (Phi) is 5.04. The maximum atomic E-state index is 5.31. The number of para-hydroxylation sites is 1. The van der Waals surface area contributed by atoms with Crippen LogP contribution in [0.4, 0.5) is 0 Å². The molecule has 188 valence electrons. The van der Waals surface area contributed by atoms with Gasteiger partial charge in [-0.1, -0.05) is 103 Å². The fourth-order valence-corrected chi connectivity index (χ4v) is 5.89. The zero-order valence-corrected chi connectivity index (χ0v) is 22.0. The van der Waals surface area contributed by atoms with E-state index in [1.165, 1.54) is 38.2 Å². The van der Waals surface area contributed by atoms with E-state index < -0.39 is 0 Å². The van der Waals surface area contributed by atoms with Crippen LogP contribution >= 0.6 is 0 Å². The van der Waals surface area contributed by atoms with E-state index >= 15 is 0 Å². The number of fused-ring (bicyclic) bond motifs is 5. The van der Waals surface area contributed by atoms with Gasteiger partial charge in [-0.05, 0) is 64.7 Å². The Bertz CT molecular complexity index is 2230. The first-order valence-electron chi connectivity index (χ1n) is 13.6. The average Bonchev–Trinajstić information content (AvgIpc) is 3.32. The van der Waals surface area contributed by atoms with E-state index in [9.17, 15) is 0 Å². The molecule has 0 fully saturated rings. The third kappa shape index (κ3) is 3.59. The van der Waals surface area contributed by atoms with Gasteiger partial charge in [-0.2, -0.15) is 0 Å². The zero-order valence-electron chi connectivity index (χ0n) is 22.0. The molecule has 0 aliphatic heterocycles. The van der Waals surface area contributed by atoms with Crippen LogP contribution in [-0.2, 0) is 0 Å². The summed E-state index contributed by atoms with van der Waals surface area (Å²) >= 11 is 0. The first-order chi connectivity index (χ1) is 19.7. The van der Waals surface area contributed by atoms with Crippen molar-refractivity contribution in [1.82, 2.24) is 14.5 Å². The SMILES string of the molecule is Cc1ccc2c3cc4ccccc4cc3n(-c3nc(-c4cccc(-c5ccccc5)c4)c4ccccc4n3)c2c1. The van der Waals surface area contributed by atoms with E-state index in [1.807, 2.05) is 12.1 Å². The second kappa shape index (κ2) is 8.89. The molecule has 0 saturated heterocycles. The molecule has 3 nitrogen and oxygen atoms in total. The lowest BCUT2D eigenvalue weighted by Crippen LogP contribution is -2.03. The molecule has 0 radical (unpaired) electrons.